The number of rotatable bonds is 5. The van der Waals surface area contributed by atoms with E-state index in [-0.39, 0.29) is 34.2 Å². The molecule has 0 spiro atoms. The average molecular weight is 616 g/mol. The van der Waals surface area contributed by atoms with Crippen molar-refractivity contribution < 1.29 is 27.8 Å². The monoisotopic (exact) mass is 615 g/mol. The molecule has 0 saturated carbocycles. The number of halogens is 3. The molecule has 230 valence electrons. The Morgan fingerprint density at radius 3 is 2.49 bits per heavy atom. The van der Waals surface area contributed by atoms with Crippen LogP contribution in [0.3, 0.4) is 0 Å². The lowest BCUT2D eigenvalue weighted by atomic mass is 9.86. The summed E-state index contributed by atoms with van der Waals surface area (Å²) in [5.41, 5.74) is 1.48. The fourth-order valence-corrected chi connectivity index (χ4v) is 5.85. The Bertz CT molecular complexity index is 1580. The van der Waals surface area contributed by atoms with Crippen LogP contribution in [-0.4, -0.2) is 83.7 Å². The number of ether oxygens (including phenoxy) is 2. The van der Waals surface area contributed by atoms with E-state index < -0.39 is 17.2 Å². The average Bonchev–Trinajstić information content (AvgIpc) is 3.43. The first-order valence-electron chi connectivity index (χ1n) is 14.3. The minimum atomic E-state index is -0.626. The second kappa shape index (κ2) is 12.0. The fourth-order valence-electron chi connectivity index (χ4n) is 5.64. The van der Waals surface area contributed by atoms with Crippen LogP contribution in [-0.2, 0) is 4.74 Å². The van der Waals surface area contributed by atoms with Gasteiger partial charge in [-0.05, 0) is 50.5 Å². The molecule has 12 heteroatoms. The van der Waals surface area contributed by atoms with Crippen LogP contribution in [0.2, 0.25) is 5.02 Å². The largest absolute Gasteiger partial charge is 0.493 e. The van der Waals surface area contributed by atoms with Crippen molar-refractivity contribution in [2.24, 2.45) is 5.92 Å². The number of benzene rings is 1. The van der Waals surface area contributed by atoms with Crippen LogP contribution in [0.25, 0.3) is 16.5 Å². The Morgan fingerprint density at radius 2 is 1.84 bits per heavy atom. The zero-order valence-electron chi connectivity index (χ0n) is 25.0. The van der Waals surface area contributed by atoms with Crippen molar-refractivity contribution in [2.45, 2.75) is 39.7 Å². The van der Waals surface area contributed by atoms with Gasteiger partial charge in [0, 0.05) is 56.6 Å². The van der Waals surface area contributed by atoms with Crippen LogP contribution < -0.4 is 9.64 Å². The summed E-state index contributed by atoms with van der Waals surface area (Å²) < 4.78 is 39.7. The summed E-state index contributed by atoms with van der Waals surface area (Å²) >= 11 is 6.35. The third-order valence-electron chi connectivity index (χ3n) is 7.79. The minimum absolute atomic E-state index is 0.0369. The van der Waals surface area contributed by atoms with Crippen LogP contribution in [0.1, 0.15) is 50.2 Å². The van der Waals surface area contributed by atoms with Crippen LogP contribution in [0, 0.1) is 17.6 Å². The number of pyridine rings is 1. The summed E-state index contributed by atoms with van der Waals surface area (Å²) in [6.45, 7) is 10.00. The summed E-state index contributed by atoms with van der Waals surface area (Å²) in [7, 11) is 1.46. The first kappa shape index (κ1) is 30.6. The summed E-state index contributed by atoms with van der Waals surface area (Å²) in [5.74, 6) is -0.582. The number of hydrogen-bond acceptors (Lipinski definition) is 6. The van der Waals surface area contributed by atoms with Gasteiger partial charge in [-0.25, -0.2) is 18.6 Å². The maximum atomic E-state index is 15.3. The van der Waals surface area contributed by atoms with Crippen LogP contribution in [0.5, 0.6) is 5.75 Å². The molecule has 0 bridgehead atoms. The predicted octanol–water partition coefficient (Wildman–Crippen LogP) is 6.13. The van der Waals surface area contributed by atoms with Gasteiger partial charge < -0.3 is 29.2 Å². The number of aromatic nitrogens is 2. The van der Waals surface area contributed by atoms with Gasteiger partial charge in [0.1, 0.15) is 17.1 Å². The number of H-pyrrole nitrogens is 1. The standard InChI is InChI=1S/C31H36ClF2N5O4/c1-6-18-17-39(30(41)43-31(2,3)4)8-7-20(18)21-14-23(32)26(34)27-22(21)15-24(36-27)29(40)38-11-9-37(10-12-38)28-25(42-5)13-19(33)16-35-28/h7,13-16,18,36H,6,8-12,17H2,1-5H3. The van der Waals surface area contributed by atoms with Crippen molar-refractivity contribution in [1.82, 2.24) is 19.8 Å². The molecule has 1 aromatic carbocycles. The molecule has 1 unspecified atom stereocenters. The molecular formula is C31H36ClF2N5O4. The van der Waals surface area contributed by atoms with Gasteiger partial charge in [0.25, 0.3) is 5.91 Å². The molecule has 1 N–H and O–H groups in total. The number of methoxy groups -OCH3 is 1. The lowest BCUT2D eigenvalue weighted by Gasteiger charge is -2.35. The van der Waals surface area contributed by atoms with Crippen molar-refractivity contribution in [2.75, 3.05) is 51.3 Å². The number of nitrogens with one attached hydrogen (secondary N) is 1. The van der Waals surface area contributed by atoms with E-state index >= 15 is 4.39 Å². The highest BCUT2D eigenvalue weighted by molar-refractivity contribution is 6.32. The Balaban J connectivity index is 1.39. The quantitative estimate of drug-likeness (QED) is 0.372. The van der Waals surface area contributed by atoms with E-state index in [1.807, 2.05) is 38.7 Å². The summed E-state index contributed by atoms with van der Waals surface area (Å²) in [6.07, 6.45) is 3.44. The Hall–Kier alpha value is -3.86. The van der Waals surface area contributed by atoms with Crippen molar-refractivity contribution >= 4 is 45.9 Å². The van der Waals surface area contributed by atoms with Crippen LogP contribution >= 0.6 is 11.6 Å². The van der Waals surface area contributed by atoms with Gasteiger partial charge in [-0.15, -0.1) is 0 Å². The van der Waals surface area contributed by atoms with Gasteiger partial charge in [-0.1, -0.05) is 24.6 Å². The molecule has 1 fully saturated rings. The smallest absolute Gasteiger partial charge is 0.410 e. The SMILES string of the molecule is CCC1CN(C(=O)OC(C)(C)C)CC=C1c1cc(Cl)c(F)c2[nH]c(C(=O)N3CCN(c4ncc(F)cc4OC)CC3)cc12. The summed E-state index contributed by atoms with van der Waals surface area (Å²) in [4.78, 5) is 38.7. The summed E-state index contributed by atoms with van der Waals surface area (Å²) in [5, 5.41) is 0.502. The molecule has 0 aliphatic carbocycles. The minimum Gasteiger partial charge on any atom is -0.493 e. The lowest BCUT2D eigenvalue weighted by Crippen LogP contribution is -2.49. The zero-order chi connectivity index (χ0) is 31.1. The van der Waals surface area contributed by atoms with Gasteiger partial charge in [-0.2, -0.15) is 0 Å². The van der Waals surface area contributed by atoms with Gasteiger partial charge in [-0.3, -0.25) is 4.79 Å². The molecule has 43 heavy (non-hydrogen) atoms. The topological polar surface area (TPSA) is 91.0 Å². The molecule has 2 amide bonds. The number of aromatic amines is 1. The summed E-state index contributed by atoms with van der Waals surface area (Å²) in [6, 6.07) is 4.56. The van der Waals surface area contributed by atoms with Crippen LogP contribution in [0.15, 0.2) is 30.5 Å². The molecule has 9 nitrogen and oxygen atoms in total. The number of nitrogens with zero attached hydrogens (tertiary/aromatic N) is 4. The second-order valence-corrected chi connectivity index (χ2v) is 12.2. The molecule has 0 radical (unpaired) electrons. The molecular weight excluding hydrogens is 580 g/mol. The number of amides is 2. The van der Waals surface area contributed by atoms with Crippen molar-refractivity contribution in [3.8, 4) is 5.75 Å². The number of piperazine rings is 1. The van der Waals surface area contributed by atoms with Gasteiger partial charge in [0.05, 0.1) is 23.8 Å². The highest BCUT2D eigenvalue weighted by Gasteiger charge is 2.31. The van der Waals surface area contributed by atoms with E-state index in [0.717, 1.165) is 23.8 Å². The third-order valence-corrected chi connectivity index (χ3v) is 8.07. The first-order chi connectivity index (χ1) is 20.4. The van der Waals surface area contributed by atoms with Crippen molar-refractivity contribution in [3.63, 3.8) is 0 Å². The molecule has 3 aromatic rings. The number of carbonyl (C=O) groups is 2. The normalized spacial score (nSPS) is 17.7. The maximum absolute atomic E-state index is 15.3. The Morgan fingerprint density at radius 1 is 1.12 bits per heavy atom. The van der Waals surface area contributed by atoms with E-state index in [1.54, 1.807) is 21.9 Å². The predicted molar refractivity (Wildman–Crippen MR) is 162 cm³/mol. The fraction of sp³-hybridized carbons (Fsp3) is 0.452. The molecule has 1 atom stereocenters. The van der Waals surface area contributed by atoms with Gasteiger partial charge >= 0.3 is 6.09 Å². The van der Waals surface area contributed by atoms with Gasteiger partial charge in [0.2, 0.25) is 0 Å². The van der Waals surface area contributed by atoms with Gasteiger partial charge in [0.15, 0.2) is 17.4 Å². The number of anilines is 1. The first-order valence-corrected chi connectivity index (χ1v) is 14.7. The van der Waals surface area contributed by atoms with E-state index in [4.69, 9.17) is 21.1 Å². The molecule has 2 aromatic heterocycles. The molecule has 4 heterocycles. The van der Waals surface area contributed by atoms with E-state index in [1.165, 1.54) is 13.2 Å². The molecule has 1 saturated heterocycles. The van der Waals surface area contributed by atoms with Crippen molar-refractivity contribution in [3.05, 3.63) is 58.4 Å². The number of fused-ring (bicyclic) bond motifs is 1. The number of hydrogen-bond donors (Lipinski definition) is 1. The molecule has 2 aliphatic rings. The molecule has 5 rings (SSSR count). The highest BCUT2D eigenvalue weighted by atomic mass is 35.5. The Labute approximate surface area is 254 Å². The number of carbonyl (C=O) groups excluding carboxylic acids is 2. The third kappa shape index (κ3) is 6.27. The van der Waals surface area contributed by atoms with E-state index in [9.17, 15) is 14.0 Å². The van der Waals surface area contributed by atoms with E-state index in [2.05, 4.69) is 9.97 Å². The maximum Gasteiger partial charge on any atom is 0.410 e. The van der Waals surface area contributed by atoms with E-state index in [0.29, 0.717) is 56.2 Å². The highest BCUT2D eigenvalue weighted by Crippen LogP contribution is 2.39. The molecule has 2 aliphatic heterocycles. The second-order valence-electron chi connectivity index (χ2n) is 11.8. The zero-order valence-corrected chi connectivity index (χ0v) is 25.7. The lowest BCUT2D eigenvalue weighted by molar-refractivity contribution is 0.0247. The van der Waals surface area contributed by atoms with Crippen LogP contribution in [0.4, 0.5) is 19.4 Å². The van der Waals surface area contributed by atoms with Crippen molar-refractivity contribution in [1.29, 1.82) is 0 Å². The Kier molecular flexibility index (Phi) is 8.56.